The second kappa shape index (κ2) is 53.2. The van der Waals surface area contributed by atoms with E-state index in [1.807, 2.05) is 0 Å². The largest absolute Gasteiger partial charge is 0.462 e. The zero-order valence-corrected chi connectivity index (χ0v) is 42.8. The summed E-state index contributed by atoms with van der Waals surface area (Å²) in [5.74, 6) is -0.877. The van der Waals surface area contributed by atoms with Gasteiger partial charge in [-0.25, -0.2) is 0 Å². The zero-order chi connectivity index (χ0) is 46.5. The van der Waals surface area contributed by atoms with Crippen molar-refractivity contribution in [2.45, 2.75) is 303 Å². The molecule has 6 nitrogen and oxygen atoms in total. The Kier molecular flexibility index (Phi) is 51.3. The van der Waals surface area contributed by atoms with Crippen LogP contribution in [0.2, 0.25) is 0 Å². The first-order chi connectivity index (χ1) is 31.5. The van der Waals surface area contributed by atoms with Gasteiger partial charge in [-0.1, -0.05) is 237 Å². The van der Waals surface area contributed by atoms with Gasteiger partial charge in [-0.15, -0.1) is 0 Å². The van der Waals surface area contributed by atoms with E-state index in [0.29, 0.717) is 19.3 Å². The van der Waals surface area contributed by atoms with Crippen molar-refractivity contribution in [3.8, 4) is 0 Å². The molecule has 0 radical (unpaired) electrons. The van der Waals surface area contributed by atoms with Gasteiger partial charge in [0.15, 0.2) is 6.10 Å². The Hall–Kier alpha value is -2.37. The molecule has 374 valence electrons. The number of hydrogen-bond donors (Lipinski definition) is 0. The van der Waals surface area contributed by atoms with Gasteiger partial charge in [0, 0.05) is 19.3 Å². The highest BCUT2D eigenvalue weighted by molar-refractivity contribution is 5.71. The zero-order valence-electron chi connectivity index (χ0n) is 42.8. The summed E-state index contributed by atoms with van der Waals surface area (Å²) in [6.07, 6.45) is 62.7. The molecule has 0 rings (SSSR count). The minimum Gasteiger partial charge on any atom is -0.462 e. The van der Waals surface area contributed by atoms with Crippen LogP contribution in [0.3, 0.4) is 0 Å². The van der Waals surface area contributed by atoms with E-state index < -0.39 is 6.10 Å². The van der Waals surface area contributed by atoms with Crippen molar-refractivity contribution in [1.29, 1.82) is 0 Å². The third-order valence-corrected chi connectivity index (χ3v) is 12.4. The summed E-state index contributed by atoms with van der Waals surface area (Å²) in [4.78, 5) is 38.1. The van der Waals surface area contributed by atoms with Crippen LogP contribution in [0.1, 0.15) is 297 Å². The van der Waals surface area contributed by atoms with Crippen molar-refractivity contribution >= 4 is 17.9 Å². The number of esters is 3. The summed E-state index contributed by atoms with van der Waals surface area (Å²) >= 11 is 0. The van der Waals surface area contributed by atoms with Crippen molar-refractivity contribution in [2.24, 2.45) is 0 Å². The van der Waals surface area contributed by atoms with E-state index in [2.05, 4.69) is 57.2 Å². The second-order valence-corrected chi connectivity index (χ2v) is 18.8. The van der Waals surface area contributed by atoms with E-state index in [1.54, 1.807) is 0 Å². The summed E-state index contributed by atoms with van der Waals surface area (Å²) < 4.78 is 16.8. The maximum atomic E-state index is 12.8. The lowest BCUT2D eigenvalue weighted by atomic mass is 10.0. The third-order valence-electron chi connectivity index (χ3n) is 12.4. The Morgan fingerprint density at radius 3 is 0.906 bits per heavy atom. The first-order valence-corrected chi connectivity index (χ1v) is 28.0. The molecule has 0 spiro atoms. The highest BCUT2D eigenvalue weighted by Crippen LogP contribution is 2.16. The topological polar surface area (TPSA) is 78.9 Å². The summed E-state index contributed by atoms with van der Waals surface area (Å²) in [6.45, 7) is 6.62. The number of unbranched alkanes of at least 4 members (excludes halogenated alkanes) is 34. The summed E-state index contributed by atoms with van der Waals surface area (Å²) in [5.41, 5.74) is 0. The summed E-state index contributed by atoms with van der Waals surface area (Å²) in [6, 6.07) is 0. The summed E-state index contributed by atoms with van der Waals surface area (Å²) in [5, 5.41) is 0. The van der Waals surface area contributed by atoms with Gasteiger partial charge in [-0.2, -0.15) is 0 Å². The highest BCUT2D eigenvalue weighted by Gasteiger charge is 2.19. The SMILES string of the molecule is CCCCC/C=C\C/C=C\CCCCCCCC(=O)O[C@H](COC(=O)CCCCCCCCCCC/C=C\CCCCCCCC)COC(=O)CCCCCCCCCCCCCC. The van der Waals surface area contributed by atoms with Gasteiger partial charge in [0.1, 0.15) is 13.2 Å². The lowest BCUT2D eigenvalue weighted by Gasteiger charge is -2.18. The molecule has 0 saturated carbocycles. The van der Waals surface area contributed by atoms with Crippen LogP contribution in [0, 0.1) is 0 Å². The van der Waals surface area contributed by atoms with Crippen LogP contribution >= 0.6 is 0 Å². The van der Waals surface area contributed by atoms with Crippen LogP contribution < -0.4 is 0 Å². The van der Waals surface area contributed by atoms with Crippen LogP contribution in [0.15, 0.2) is 36.5 Å². The fourth-order valence-corrected chi connectivity index (χ4v) is 8.12. The van der Waals surface area contributed by atoms with Gasteiger partial charge in [0.2, 0.25) is 0 Å². The van der Waals surface area contributed by atoms with E-state index in [1.165, 1.54) is 173 Å². The number of rotatable bonds is 51. The average Bonchev–Trinajstić information content (AvgIpc) is 3.29. The van der Waals surface area contributed by atoms with E-state index in [-0.39, 0.29) is 31.1 Å². The van der Waals surface area contributed by atoms with Gasteiger partial charge in [0.05, 0.1) is 0 Å². The number of carbonyl (C=O) groups is 3. The minimum atomic E-state index is -0.776. The number of allylic oxidation sites excluding steroid dienone is 6. The Balaban J connectivity index is 4.33. The molecule has 0 aliphatic heterocycles. The van der Waals surface area contributed by atoms with Crippen molar-refractivity contribution in [2.75, 3.05) is 13.2 Å². The van der Waals surface area contributed by atoms with Crippen LogP contribution in [0.4, 0.5) is 0 Å². The molecule has 0 aromatic rings. The van der Waals surface area contributed by atoms with Crippen LogP contribution in [0.25, 0.3) is 0 Å². The molecule has 0 aliphatic rings. The molecule has 0 heterocycles. The maximum absolute atomic E-state index is 12.8. The molecule has 6 heteroatoms. The molecule has 0 unspecified atom stereocenters. The van der Waals surface area contributed by atoms with Crippen molar-refractivity contribution < 1.29 is 28.6 Å². The fourth-order valence-electron chi connectivity index (χ4n) is 8.12. The van der Waals surface area contributed by atoms with Gasteiger partial charge in [-0.3, -0.25) is 14.4 Å². The van der Waals surface area contributed by atoms with Gasteiger partial charge >= 0.3 is 17.9 Å². The molecule has 0 bridgehead atoms. The molecule has 0 aliphatic carbocycles. The Labute approximate surface area is 397 Å². The Bertz CT molecular complexity index is 1080. The van der Waals surface area contributed by atoms with Crippen LogP contribution in [-0.4, -0.2) is 37.2 Å². The van der Waals surface area contributed by atoms with Crippen LogP contribution in [-0.2, 0) is 28.6 Å². The molecule has 0 fully saturated rings. The molecule has 0 saturated heterocycles. The highest BCUT2D eigenvalue weighted by atomic mass is 16.6. The van der Waals surface area contributed by atoms with Crippen molar-refractivity contribution in [1.82, 2.24) is 0 Å². The standard InChI is InChI=1S/C58H106O6/c1-4-7-10-13-16-19-22-25-27-28-29-30-32-33-36-39-42-45-48-51-57(60)63-54-55(53-62-56(59)50-47-44-41-38-35-24-21-18-15-12-9-6-3)64-58(61)52-49-46-43-40-37-34-31-26-23-20-17-14-11-8-5-2/h17,20,25-27,31,55H,4-16,18-19,21-24,28-30,32-54H2,1-3H3/b20-17-,27-25-,31-26-/t55-/m0/s1. The second-order valence-electron chi connectivity index (χ2n) is 18.8. The number of ether oxygens (including phenoxy) is 3. The van der Waals surface area contributed by atoms with Crippen LogP contribution in [0.5, 0.6) is 0 Å². The molecule has 1 atom stereocenters. The summed E-state index contributed by atoms with van der Waals surface area (Å²) in [7, 11) is 0. The first kappa shape index (κ1) is 61.6. The van der Waals surface area contributed by atoms with E-state index >= 15 is 0 Å². The monoisotopic (exact) mass is 899 g/mol. The molecule has 0 amide bonds. The lowest BCUT2D eigenvalue weighted by molar-refractivity contribution is -0.167. The normalized spacial score (nSPS) is 12.2. The average molecular weight is 899 g/mol. The van der Waals surface area contributed by atoms with Gasteiger partial charge in [-0.05, 0) is 77.0 Å². The maximum Gasteiger partial charge on any atom is 0.306 e. The third kappa shape index (κ3) is 50.6. The molecular formula is C58H106O6. The number of carbonyl (C=O) groups excluding carboxylic acids is 3. The Morgan fingerprint density at radius 1 is 0.312 bits per heavy atom. The van der Waals surface area contributed by atoms with Crippen molar-refractivity contribution in [3.05, 3.63) is 36.5 Å². The van der Waals surface area contributed by atoms with E-state index in [4.69, 9.17) is 14.2 Å². The molecule has 0 aromatic carbocycles. The van der Waals surface area contributed by atoms with E-state index in [0.717, 1.165) is 83.5 Å². The lowest BCUT2D eigenvalue weighted by Crippen LogP contribution is -2.30. The first-order valence-electron chi connectivity index (χ1n) is 28.0. The van der Waals surface area contributed by atoms with E-state index in [9.17, 15) is 14.4 Å². The minimum absolute atomic E-state index is 0.0752. The quantitative estimate of drug-likeness (QED) is 0.0262. The predicted octanol–water partition coefficient (Wildman–Crippen LogP) is 18.5. The molecule has 0 aromatic heterocycles. The molecule has 0 N–H and O–H groups in total. The fraction of sp³-hybridized carbons (Fsp3) is 0.845. The Morgan fingerprint density at radius 2 is 0.562 bits per heavy atom. The molecule has 64 heavy (non-hydrogen) atoms. The van der Waals surface area contributed by atoms with Gasteiger partial charge in [0.25, 0.3) is 0 Å². The predicted molar refractivity (Wildman–Crippen MR) is 275 cm³/mol. The van der Waals surface area contributed by atoms with Crippen molar-refractivity contribution in [3.63, 3.8) is 0 Å². The number of hydrogen-bond acceptors (Lipinski definition) is 6. The molecular weight excluding hydrogens is 793 g/mol. The van der Waals surface area contributed by atoms with Gasteiger partial charge < -0.3 is 14.2 Å². The smallest absolute Gasteiger partial charge is 0.306 e.